The molecule has 84 valence electrons. The molecule has 15 heavy (non-hydrogen) atoms. The molecule has 1 aromatic rings. The zero-order valence-corrected chi connectivity index (χ0v) is 9.90. The summed E-state index contributed by atoms with van der Waals surface area (Å²) in [6.07, 6.45) is 2.87. The van der Waals surface area contributed by atoms with E-state index in [0.717, 1.165) is 25.3 Å². The number of nitrogens with zero attached hydrogens (tertiary/aromatic N) is 2. The summed E-state index contributed by atoms with van der Waals surface area (Å²) in [5.41, 5.74) is 6.79. The minimum Gasteiger partial charge on any atom is -0.354 e. The van der Waals surface area contributed by atoms with Crippen LogP contribution >= 0.6 is 0 Å². The minimum absolute atomic E-state index is 0.464. The molecule has 1 rings (SSSR count). The van der Waals surface area contributed by atoms with E-state index < -0.39 is 0 Å². The number of anilines is 1. The molecule has 0 aliphatic carbocycles. The van der Waals surface area contributed by atoms with Crippen LogP contribution in [0.3, 0.4) is 0 Å². The number of pyridine rings is 1. The van der Waals surface area contributed by atoms with Gasteiger partial charge in [0.2, 0.25) is 0 Å². The lowest BCUT2D eigenvalue weighted by atomic mass is 10.2. The van der Waals surface area contributed by atoms with E-state index in [0.29, 0.717) is 6.04 Å². The molecule has 0 amide bonds. The molecule has 0 aromatic carbocycles. The van der Waals surface area contributed by atoms with E-state index in [1.54, 1.807) is 0 Å². The number of hydrogen-bond donors (Lipinski definition) is 1. The predicted molar refractivity (Wildman–Crippen MR) is 65.1 cm³/mol. The van der Waals surface area contributed by atoms with Gasteiger partial charge in [0.15, 0.2) is 0 Å². The van der Waals surface area contributed by atoms with Crippen molar-refractivity contribution in [2.24, 2.45) is 5.73 Å². The maximum absolute atomic E-state index is 5.54. The molecule has 0 saturated heterocycles. The standard InChI is InChI=1S/C12H21N3/c1-10(2)15(8-4-6-13)12-9-11(3)5-7-14-12/h5,7,9-10H,4,6,8,13H2,1-3H3. The Bertz CT molecular complexity index is 297. The van der Waals surface area contributed by atoms with Gasteiger partial charge in [-0.05, 0) is 51.4 Å². The van der Waals surface area contributed by atoms with Crippen LogP contribution in [0.5, 0.6) is 0 Å². The molecule has 1 aromatic heterocycles. The second-order valence-electron chi connectivity index (χ2n) is 4.12. The van der Waals surface area contributed by atoms with Crippen LogP contribution in [0.25, 0.3) is 0 Å². The summed E-state index contributed by atoms with van der Waals surface area (Å²) in [6, 6.07) is 4.60. The average molecular weight is 207 g/mol. The van der Waals surface area contributed by atoms with E-state index in [4.69, 9.17) is 5.73 Å². The van der Waals surface area contributed by atoms with Gasteiger partial charge in [-0.2, -0.15) is 0 Å². The molecular formula is C12H21N3. The maximum atomic E-state index is 5.54. The molecule has 0 bridgehead atoms. The molecule has 0 saturated carbocycles. The summed E-state index contributed by atoms with van der Waals surface area (Å²) < 4.78 is 0. The van der Waals surface area contributed by atoms with Crippen LogP contribution in [0.1, 0.15) is 25.8 Å². The van der Waals surface area contributed by atoms with E-state index in [1.807, 2.05) is 12.3 Å². The van der Waals surface area contributed by atoms with E-state index >= 15 is 0 Å². The van der Waals surface area contributed by atoms with Gasteiger partial charge < -0.3 is 10.6 Å². The van der Waals surface area contributed by atoms with Crippen molar-refractivity contribution in [3.8, 4) is 0 Å². The monoisotopic (exact) mass is 207 g/mol. The van der Waals surface area contributed by atoms with Gasteiger partial charge in [0.25, 0.3) is 0 Å². The third kappa shape index (κ3) is 3.51. The largest absolute Gasteiger partial charge is 0.354 e. The van der Waals surface area contributed by atoms with Gasteiger partial charge in [0, 0.05) is 18.8 Å². The molecule has 0 aliphatic rings. The number of nitrogens with two attached hydrogens (primary N) is 1. The lowest BCUT2D eigenvalue weighted by Crippen LogP contribution is -2.33. The van der Waals surface area contributed by atoms with Crippen molar-refractivity contribution in [1.29, 1.82) is 0 Å². The molecule has 2 N–H and O–H groups in total. The zero-order chi connectivity index (χ0) is 11.3. The molecular weight excluding hydrogens is 186 g/mol. The van der Waals surface area contributed by atoms with Gasteiger partial charge in [0.05, 0.1) is 0 Å². The summed E-state index contributed by atoms with van der Waals surface area (Å²) >= 11 is 0. The molecule has 3 heteroatoms. The van der Waals surface area contributed by atoms with Gasteiger partial charge in [0.1, 0.15) is 5.82 Å². The summed E-state index contributed by atoms with van der Waals surface area (Å²) in [7, 11) is 0. The second kappa shape index (κ2) is 5.71. The Morgan fingerprint density at radius 3 is 2.73 bits per heavy atom. The fourth-order valence-corrected chi connectivity index (χ4v) is 1.58. The lowest BCUT2D eigenvalue weighted by molar-refractivity contribution is 0.649. The van der Waals surface area contributed by atoms with Crippen molar-refractivity contribution in [3.05, 3.63) is 23.9 Å². The van der Waals surface area contributed by atoms with Crippen LogP contribution in [-0.4, -0.2) is 24.1 Å². The van der Waals surface area contributed by atoms with Crippen LogP contribution in [0.15, 0.2) is 18.3 Å². The molecule has 0 atom stereocenters. The first-order chi connectivity index (χ1) is 7.15. The van der Waals surface area contributed by atoms with Crippen molar-refractivity contribution in [2.45, 2.75) is 33.2 Å². The van der Waals surface area contributed by atoms with E-state index in [2.05, 4.69) is 36.7 Å². The molecule has 0 spiro atoms. The summed E-state index contributed by atoms with van der Waals surface area (Å²) in [5.74, 6) is 1.05. The minimum atomic E-state index is 0.464. The zero-order valence-electron chi connectivity index (χ0n) is 9.90. The Labute approximate surface area is 92.3 Å². The van der Waals surface area contributed by atoms with Gasteiger partial charge in [-0.25, -0.2) is 4.98 Å². The van der Waals surface area contributed by atoms with Crippen molar-refractivity contribution in [3.63, 3.8) is 0 Å². The highest BCUT2D eigenvalue weighted by molar-refractivity contribution is 5.41. The molecule has 0 fully saturated rings. The fourth-order valence-electron chi connectivity index (χ4n) is 1.58. The average Bonchev–Trinajstić information content (AvgIpc) is 2.18. The van der Waals surface area contributed by atoms with E-state index in [1.165, 1.54) is 5.56 Å². The smallest absolute Gasteiger partial charge is 0.128 e. The van der Waals surface area contributed by atoms with Crippen molar-refractivity contribution < 1.29 is 0 Å². The highest BCUT2D eigenvalue weighted by Gasteiger charge is 2.10. The van der Waals surface area contributed by atoms with E-state index in [9.17, 15) is 0 Å². The predicted octanol–water partition coefficient (Wildman–Crippen LogP) is 1.95. The lowest BCUT2D eigenvalue weighted by Gasteiger charge is -2.27. The van der Waals surface area contributed by atoms with Crippen LogP contribution in [0.2, 0.25) is 0 Å². The Hall–Kier alpha value is -1.09. The Kier molecular flexibility index (Phi) is 4.56. The first kappa shape index (κ1) is 12.0. The van der Waals surface area contributed by atoms with Gasteiger partial charge in [-0.15, -0.1) is 0 Å². The van der Waals surface area contributed by atoms with E-state index in [-0.39, 0.29) is 0 Å². The summed E-state index contributed by atoms with van der Waals surface area (Å²) in [4.78, 5) is 6.69. The van der Waals surface area contributed by atoms with Crippen molar-refractivity contribution in [2.75, 3.05) is 18.0 Å². The first-order valence-electron chi connectivity index (χ1n) is 5.54. The van der Waals surface area contributed by atoms with Crippen molar-refractivity contribution >= 4 is 5.82 Å². The number of aromatic nitrogens is 1. The second-order valence-corrected chi connectivity index (χ2v) is 4.12. The topological polar surface area (TPSA) is 42.2 Å². The van der Waals surface area contributed by atoms with Gasteiger partial charge >= 0.3 is 0 Å². The number of rotatable bonds is 5. The van der Waals surface area contributed by atoms with Crippen LogP contribution in [-0.2, 0) is 0 Å². The first-order valence-corrected chi connectivity index (χ1v) is 5.54. The highest BCUT2D eigenvalue weighted by atomic mass is 15.2. The Balaban J connectivity index is 2.79. The fraction of sp³-hybridized carbons (Fsp3) is 0.583. The number of aryl methyl sites for hydroxylation is 1. The summed E-state index contributed by atoms with van der Waals surface area (Å²) in [5, 5.41) is 0. The van der Waals surface area contributed by atoms with Crippen molar-refractivity contribution in [1.82, 2.24) is 4.98 Å². The molecule has 0 unspecified atom stereocenters. The van der Waals surface area contributed by atoms with Crippen LogP contribution < -0.4 is 10.6 Å². The highest BCUT2D eigenvalue weighted by Crippen LogP contribution is 2.15. The third-order valence-electron chi connectivity index (χ3n) is 2.42. The Morgan fingerprint density at radius 2 is 2.20 bits per heavy atom. The number of hydrogen-bond acceptors (Lipinski definition) is 3. The summed E-state index contributed by atoms with van der Waals surface area (Å²) in [6.45, 7) is 8.16. The maximum Gasteiger partial charge on any atom is 0.128 e. The normalized spacial score (nSPS) is 10.7. The third-order valence-corrected chi connectivity index (χ3v) is 2.42. The van der Waals surface area contributed by atoms with Crippen LogP contribution in [0, 0.1) is 6.92 Å². The molecule has 0 aliphatic heterocycles. The Morgan fingerprint density at radius 1 is 1.47 bits per heavy atom. The van der Waals surface area contributed by atoms with Gasteiger partial charge in [-0.3, -0.25) is 0 Å². The SMILES string of the molecule is Cc1ccnc(N(CCCN)C(C)C)c1. The molecule has 0 radical (unpaired) electrons. The molecule has 3 nitrogen and oxygen atoms in total. The quantitative estimate of drug-likeness (QED) is 0.802. The van der Waals surface area contributed by atoms with Gasteiger partial charge in [-0.1, -0.05) is 0 Å². The molecule has 1 heterocycles. The van der Waals surface area contributed by atoms with Crippen LogP contribution in [0.4, 0.5) is 5.82 Å².